The van der Waals surface area contributed by atoms with Crippen molar-refractivity contribution in [1.82, 2.24) is 4.90 Å². The average Bonchev–Trinajstić information content (AvgIpc) is 2.68. The SMILES string of the molecule is C=CCN1C(N)=NCC1(C)CCc1ccc(O)cc1. The van der Waals surface area contributed by atoms with Crippen LogP contribution in [0.3, 0.4) is 0 Å². The Hall–Kier alpha value is -1.97. The van der Waals surface area contributed by atoms with Gasteiger partial charge < -0.3 is 15.7 Å². The second-order valence-corrected chi connectivity index (χ2v) is 5.24. The van der Waals surface area contributed by atoms with E-state index in [-0.39, 0.29) is 5.54 Å². The minimum Gasteiger partial charge on any atom is -0.508 e. The molecule has 1 heterocycles. The smallest absolute Gasteiger partial charge is 0.192 e. The molecule has 0 fully saturated rings. The van der Waals surface area contributed by atoms with Gasteiger partial charge in [-0.25, -0.2) is 0 Å². The highest BCUT2D eigenvalue weighted by Crippen LogP contribution is 2.27. The van der Waals surface area contributed by atoms with Crippen molar-refractivity contribution >= 4 is 5.96 Å². The fourth-order valence-electron chi connectivity index (χ4n) is 2.43. The second-order valence-electron chi connectivity index (χ2n) is 5.24. The molecule has 0 bridgehead atoms. The van der Waals surface area contributed by atoms with Crippen LogP contribution in [-0.4, -0.2) is 34.6 Å². The largest absolute Gasteiger partial charge is 0.508 e. The molecule has 0 radical (unpaired) electrons. The van der Waals surface area contributed by atoms with Crippen LogP contribution >= 0.6 is 0 Å². The molecule has 0 saturated heterocycles. The van der Waals surface area contributed by atoms with Crippen LogP contribution in [0.4, 0.5) is 0 Å². The van der Waals surface area contributed by atoms with E-state index in [1.54, 1.807) is 12.1 Å². The molecule has 1 aromatic rings. The maximum Gasteiger partial charge on any atom is 0.192 e. The average molecular weight is 259 g/mol. The lowest BCUT2D eigenvalue weighted by molar-refractivity contribution is 0.225. The number of phenols is 1. The molecular weight excluding hydrogens is 238 g/mol. The third-order valence-electron chi connectivity index (χ3n) is 3.71. The molecule has 0 spiro atoms. The molecular formula is C15H21N3O. The number of hydrogen-bond donors (Lipinski definition) is 2. The lowest BCUT2D eigenvalue weighted by Crippen LogP contribution is -2.49. The third-order valence-corrected chi connectivity index (χ3v) is 3.71. The zero-order valence-electron chi connectivity index (χ0n) is 11.3. The molecule has 2 rings (SSSR count). The third kappa shape index (κ3) is 2.89. The summed E-state index contributed by atoms with van der Waals surface area (Å²) in [4.78, 5) is 6.46. The highest BCUT2D eigenvalue weighted by atomic mass is 16.3. The first-order valence-electron chi connectivity index (χ1n) is 6.51. The Kier molecular flexibility index (Phi) is 3.79. The van der Waals surface area contributed by atoms with E-state index < -0.39 is 0 Å². The Bertz CT molecular complexity index is 481. The molecule has 1 unspecified atom stereocenters. The van der Waals surface area contributed by atoms with Crippen LogP contribution in [0.1, 0.15) is 18.9 Å². The number of guanidine groups is 1. The number of phenolic OH excluding ortho intramolecular Hbond substituents is 1. The first-order chi connectivity index (χ1) is 9.05. The lowest BCUT2D eigenvalue weighted by Gasteiger charge is -2.35. The predicted octanol–water partition coefficient (Wildman–Crippen LogP) is 1.90. The van der Waals surface area contributed by atoms with E-state index in [1.807, 2.05) is 18.2 Å². The normalized spacial score (nSPS) is 22.4. The van der Waals surface area contributed by atoms with Gasteiger partial charge in [0.25, 0.3) is 0 Å². The quantitative estimate of drug-likeness (QED) is 0.794. The topological polar surface area (TPSA) is 61.8 Å². The first kappa shape index (κ1) is 13.5. The maximum atomic E-state index is 9.28. The number of aromatic hydroxyl groups is 1. The number of benzene rings is 1. The molecule has 19 heavy (non-hydrogen) atoms. The summed E-state index contributed by atoms with van der Waals surface area (Å²) in [7, 11) is 0. The molecule has 3 N–H and O–H groups in total. The van der Waals surface area contributed by atoms with Crippen LogP contribution in [0.5, 0.6) is 5.75 Å². The predicted molar refractivity (Wildman–Crippen MR) is 78.2 cm³/mol. The van der Waals surface area contributed by atoms with Crippen molar-refractivity contribution in [2.45, 2.75) is 25.3 Å². The highest BCUT2D eigenvalue weighted by Gasteiger charge is 2.36. The fraction of sp³-hybridized carbons (Fsp3) is 0.400. The monoisotopic (exact) mass is 259 g/mol. The van der Waals surface area contributed by atoms with E-state index in [2.05, 4.69) is 23.4 Å². The van der Waals surface area contributed by atoms with Gasteiger partial charge in [-0.3, -0.25) is 4.99 Å². The summed E-state index contributed by atoms with van der Waals surface area (Å²) in [6, 6.07) is 7.35. The van der Waals surface area contributed by atoms with Crippen LogP contribution in [0.15, 0.2) is 41.9 Å². The molecule has 1 aliphatic heterocycles. The Morgan fingerprint density at radius 3 is 2.79 bits per heavy atom. The molecule has 1 aromatic carbocycles. The Morgan fingerprint density at radius 1 is 1.47 bits per heavy atom. The molecule has 0 aliphatic carbocycles. The number of hydrogen-bond acceptors (Lipinski definition) is 4. The summed E-state index contributed by atoms with van der Waals surface area (Å²) >= 11 is 0. The van der Waals surface area contributed by atoms with Crippen molar-refractivity contribution in [3.05, 3.63) is 42.5 Å². The van der Waals surface area contributed by atoms with E-state index in [4.69, 9.17) is 5.73 Å². The van der Waals surface area contributed by atoms with Gasteiger partial charge in [-0.2, -0.15) is 0 Å². The Labute approximate surface area is 114 Å². The summed E-state index contributed by atoms with van der Waals surface area (Å²) in [5.41, 5.74) is 7.09. The van der Waals surface area contributed by atoms with E-state index >= 15 is 0 Å². The molecule has 1 atom stereocenters. The number of nitrogens with two attached hydrogens (primary N) is 1. The number of aliphatic imine (C=N–C) groups is 1. The van der Waals surface area contributed by atoms with Gasteiger partial charge in [0, 0.05) is 6.54 Å². The molecule has 102 valence electrons. The van der Waals surface area contributed by atoms with E-state index in [0.717, 1.165) is 25.9 Å². The maximum absolute atomic E-state index is 9.28. The van der Waals surface area contributed by atoms with Crippen LogP contribution < -0.4 is 5.73 Å². The zero-order chi connectivity index (χ0) is 13.9. The van der Waals surface area contributed by atoms with Gasteiger partial charge in [0.1, 0.15) is 5.75 Å². The summed E-state index contributed by atoms with van der Waals surface area (Å²) in [6.45, 7) is 7.40. The Balaban J connectivity index is 2.01. The van der Waals surface area contributed by atoms with Crippen molar-refractivity contribution in [1.29, 1.82) is 0 Å². The highest BCUT2D eigenvalue weighted by molar-refractivity contribution is 5.81. The van der Waals surface area contributed by atoms with E-state index in [1.165, 1.54) is 5.56 Å². The van der Waals surface area contributed by atoms with Gasteiger partial charge in [-0.05, 0) is 37.5 Å². The van der Waals surface area contributed by atoms with Crippen LogP contribution in [-0.2, 0) is 6.42 Å². The van der Waals surface area contributed by atoms with Gasteiger partial charge in [0.05, 0.1) is 12.1 Å². The molecule has 4 heteroatoms. The van der Waals surface area contributed by atoms with Gasteiger partial charge in [-0.15, -0.1) is 6.58 Å². The number of aryl methyl sites for hydroxylation is 1. The summed E-state index contributed by atoms with van der Waals surface area (Å²) in [5.74, 6) is 0.907. The standard InChI is InChI=1S/C15H21N3O/c1-3-10-18-14(16)17-11-15(18,2)9-8-12-4-6-13(19)7-5-12/h3-7,19H,1,8-11H2,2H3,(H2,16,17). The van der Waals surface area contributed by atoms with Crippen LogP contribution in [0, 0.1) is 0 Å². The lowest BCUT2D eigenvalue weighted by atomic mass is 9.92. The number of rotatable bonds is 5. The first-order valence-corrected chi connectivity index (χ1v) is 6.51. The summed E-state index contributed by atoms with van der Waals surface area (Å²) in [6.07, 6.45) is 3.76. The summed E-state index contributed by atoms with van der Waals surface area (Å²) in [5, 5.41) is 9.28. The van der Waals surface area contributed by atoms with Crippen LogP contribution in [0.25, 0.3) is 0 Å². The molecule has 0 amide bonds. The van der Waals surface area contributed by atoms with Gasteiger partial charge >= 0.3 is 0 Å². The molecule has 0 saturated carbocycles. The van der Waals surface area contributed by atoms with E-state index in [0.29, 0.717) is 11.7 Å². The Morgan fingerprint density at radius 2 is 2.16 bits per heavy atom. The fourth-order valence-corrected chi connectivity index (χ4v) is 2.43. The minimum atomic E-state index is -0.0455. The summed E-state index contributed by atoms with van der Waals surface area (Å²) < 4.78 is 0. The van der Waals surface area contributed by atoms with E-state index in [9.17, 15) is 5.11 Å². The van der Waals surface area contributed by atoms with Crippen molar-refractivity contribution in [3.8, 4) is 5.75 Å². The van der Waals surface area contributed by atoms with Crippen LogP contribution in [0.2, 0.25) is 0 Å². The van der Waals surface area contributed by atoms with Gasteiger partial charge in [-0.1, -0.05) is 18.2 Å². The van der Waals surface area contributed by atoms with Crippen molar-refractivity contribution in [2.75, 3.05) is 13.1 Å². The number of nitrogens with zero attached hydrogens (tertiary/aromatic N) is 2. The molecule has 4 nitrogen and oxygen atoms in total. The van der Waals surface area contributed by atoms with Crippen molar-refractivity contribution < 1.29 is 5.11 Å². The van der Waals surface area contributed by atoms with Crippen molar-refractivity contribution in [2.24, 2.45) is 10.7 Å². The van der Waals surface area contributed by atoms with Crippen molar-refractivity contribution in [3.63, 3.8) is 0 Å². The second kappa shape index (κ2) is 5.34. The molecule has 1 aliphatic rings. The zero-order valence-corrected chi connectivity index (χ0v) is 11.3. The minimum absolute atomic E-state index is 0.0455. The van der Waals surface area contributed by atoms with Gasteiger partial charge in [0.15, 0.2) is 5.96 Å². The molecule has 0 aromatic heterocycles. The van der Waals surface area contributed by atoms with Gasteiger partial charge in [0.2, 0.25) is 0 Å².